The summed E-state index contributed by atoms with van der Waals surface area (Å²) in [6.07, 6.45) is -6.54. The third kappa shape index (κ3) is 3.51. The number of carboxylic acids is 1. The van der Waals surface area contributed by atoms with Gasteiger partial charge in [0, 0.05) is 24.3 Å². The summed E-state index contributed by atoms with van der Waals surface area (Å²) in [5.74, 6) is -1.74. The van der Waals surface area contributed by atoms with E-state index < -0.39 is 23.8 Å². The summed E-state index contributed by atoms with van der Waals surface area (Å²) in [5.41, 5.74) is -0.758. The SMILES string of the molecule is COCCOc1ccc2c(c1)OC(C(F)(F)F)C(C(=O)[O-])=C2. The van der Waals surface area contributed by atoms with Crippen molar-refractivity contribution < 1.29 is 37.3 Å². The molecule has 22 heavy (non-hydrogen) atoms. The lowest BCUT2D eigenvalue weighted by molar-refractivity contribution is -0.302. The van der Waals surface area contributed by atoms with Crippen LogP contribution in [0.25, 0.3) is 6.08 Å². The fourth-order valence-electron chi connectivity index (χ4n) is 1.91. The Morgan fingerprint density at radius 3 is 2.68 bits per heavy atom. The first-order chi connectivity index (χ1) is 10.3. The zero-order chi connectivity index (χ0) is 16.3. The predicted octanol–water partition coefficient (Wildman–Crippen LogP) is 1.17. The highest BCUT2D eigenvalue weighted by atomic mass is 19.4. The van der Waals surface area contributed by atoms with E-state index >= 15 is 0 Å². The van der Waals surface area contributed by atoms with Crippen LogP contribution in [0.2, 0.25) is 0 Å². The molecule has 5 nitrogen and oxygen atoms in total. The van der Waals surface area contributed by atoms with Gasteiger partial charge >= 0.3 is 6.18 Å². The molecular formula is C14H12F3O5-. The van der Waals surface area contributed by atoms with Crippen molar-refractivity contribution in [3.8, 4) is 11.5 Å². The average Bonchev–Trinajstić information content (AvgIpc) is 2.45. The van der Waals surface area contributed by atoms with Crippen LogP contribution in [-0.2, 0) is 9.53 Å². The van der Waals surface area contributed by atoms with Crippen LogP contribution < -0.4 is 14.6 Å². The highest BCUT2D eigenvalue weighted by Gasteiger charge is 2.46. The van der Waals surface area contributed by atoms with E-state index in [9.17, 15) is 23.1 Å². The van der Waals surface area contributed by atoms with Gasteiger partial charge in [0.2, 0.25) is 6.10 Å². The number of carbonyl (C=O) groups is 1. The molecule has 0 spiro atoms. The van der Waals surface area contributed by atoms with Crippen LogP contribution in [-0.4, -0.2) is 38.6 Å². The van der Waals surface area contributed by atoms with Gasteiger partial charge in [-0.2, -0.15) is 13.2 Å². The van der Waals surface area contributed by atoms with Gasteiger partial charge in [-0.25, -0.2) is 0 Å². The van der Waals surface area contributed by atoms with E-state index in [4.69, 9.17) is 14.2 Å². The van der Waals surface area contributed by atoms with E-state index in [2.05, 4.69) is 0 Å². The Hall–Kier alpha value is -2.22. The number of fused-ring (bicyclic) bond motifs is 1. The quantitative estimate of drug-likeness (QED) is 0.763. The lowest BCUT2D eigenvalue weighted by Crippen LogP contribution is -2.44. The topological polar surface area (TPSA) is 67.8 Å². The number of hydrogen-bond acceptors (Lipinski definition) is 5. The molecule has 2 rings (SSSR count). The molecule has 1 heterocycles. The Labute approximate surface area is 123 Å². The summed E-state index contributed by atoms with van der Waals surface area (Å²) in [7, 11) is 1.49. The molecule has 0 bridgehead atoms. The second kappa shape index (κ2) is 6.27. The van der Waals surface area contributed by atoms with E-state index in [1.165, 1.54) is 25.3 Å². The third-order valence-electron chi connectivity index (χ3n) is 2.91. The number of hydrogen-bond donors (Lipinski definition) is 0. The summed E-state index contributed by atoms with van der Waals surface area (Å²) >= 11 is 0. The molecule has 0 N–H and O–H groups in total. The lowest BCUT2D eigenvalue weighted by atomic mass is 10.0. The molecule has 0 amide bonds. The molecule has 1 aliphatic rings. The Balaban J connectivity index is 2.30. The zero-order valence-corrected chi connectivity index (χ0v) is 11.5. The van der Waals surface area contributed by atoms with E-state index in [1.54, 1.807) is 0 Å². The maximum absolute atomic E-state index is 12.9. The van der Waals surface area contributed by atoms with E-state index in [1.807, 2.05) is 0 Å². The number of carbonyl (C=O) groups excluding carboxylic acids is 1. The van der Waals surface area contributed by atoms with Crippen molar-refractivity contribution in [1.82, 2.24) is 0 Å². The van der Waals surface area contributed by atoms with Crippen LogP contribution in [0, 0.1) is 0 Å². The van der Waals surface area contributed by atoms with Crippen LogP contribution in [0.4, 0.5) is 13.2 Å². The minimum atomic E-state index is -4.86. The van der Waals surface area contributed by atoms with Crippen molar-refractivity contribution in [2.75, 3.05) is 20.3 Å². The molecule has 0 saturated carbocycles. The summed E-state index contributed by atoms with van der Waals surface area (Å²) in [6, 6.07) is 4.18. The first-order valence-electron chi connectivity index (χ1n) is 6.25. The summed E-state index contributed by atoms with van der Waals surface area (Å²) < 4.78 is 53.5. The number of halogens is 3. The predicted molar refractivity (Wildman–Crippen MR) is 67.3 cm³/mol. The van der Waals surface area contributed by atoms with Gasteiger partial charge in [-0.05, 0) is 18.2 Å². The second-order valence-corrected chi connectivity index (χ2v) is 4.47. The Bertz CT molecular complexity index is 595. The highest BCUT2D eigenvalue weighted by molar-refractivity contribution is 5.93. The summed E-state index contributed by atoms with van der Waals surface area (Å²) in [5, 5.41) is 10.9. The maximum atomic E-state index is 12.9. The van der Waals surface area contributed by atoms with Crippen molar-refractivity contribution in [3.63, 3.8) is 0 Å². The smallest absolute Gasteiger partial charge is 0.429 e. The van der Waals surface area contributed by atoms with Gasteiger partial charge in [0.05, 0.1) is 12.6 Å². The van der Waals surface area contributed by atoms with Crippen LogP contribution >= 0.6 is 0 Å². The molecule has 1 atom stereocenters. The number of rotatable bonds is 5. The molecule has 0 fully saturated rings. The second-order valence-electron chi connectivity index (χ2n) is 4.47. The normalized spacial score (nSPS) is 17.3. The zero-order valence-electron chi connectivity index (χ0n) is 11.5. The van der Waals surface area contributed by atoms with E-state index in [-0.39, 0.29) is 17.9 Å². The van der Waals surface area contributed by atoms with E-state index in [0.29, 0.717) is 12.4 Å². The molecule has 1 unspecified atom stereocenters. The van der Waals surface area contributed by atoms with Crippen LogP contribution in [0.15, 0.2) is 23.8 Å². The standard InChI is InChI=1S/C14H13F3O5/c1-20-4-5-21-9-3-2-8-6-10(13(18)19)12(14(15,16)17)22-11(8)7-9/h2-3,6-7,12H,4-5H2,1H3,(H,18,19)/p-1. The minimum Gasteiger partial charge on any atom is -0.545 e. The monoisotopic (exact) mass is 317 g/mol. The number of carboxylic acid groups (broad SMARTS) is 1. The average molecular weight is 317 g/mol. The molecule has 0 aliphatic carbocycles. The Morgan fingerprint density at radius 1 is 1.36 bits per heavy atom. The fraction of sp³-hybridized carbons (Fsp3) is 0.357. The van der Waals surface area contributed by atoms with Crippen LogP contribution in [0.3, 0.4) is 0 Å². The van der Waals surface area contributed by atoms with Crippen LogP contribution in [0.5, 0.6) is 11.5 Å². The van der Waals surface area contributed by atoms with Crippen molar-refractivity contribution >= 4 is 12.0 Å². The maximum Gasteiger partial charge on any atom is 0.429 e. The van der Waals surface area contributed by atoms with Crippen molar-refractivity contribution in [3.05, 3.63) is 29.3 Å². The van der Waals surface area contributed by atoms with Gasteiger partial charge in [0.15, 0.2) is 0 Å². The van der Waals surface area contributed by atoms with Gasteiger partial charge in [-0.1, -0.05) is 0 Å². The van der Waals surface area contributed by atoms with E-state index in [0.717, 1.165) is 6.08 Å². The Morgan fingerprint density at radius 2 is 2.09 bits per heavy atom. The number of benzene rings is 1. The van der Waals surface area contributed by atoms with Gasteiger partial charge < -0.3 is 24.1 Å². The Kier molecular flexibility index (Phi) is 4.60. The first kappa shape index (κ1) is 16.2. The lowest BCUT2D eigenvalue weighted by Gasteiger charge is -2.29. The summed E-state index contributed by atoms with van der Waals surface area (Å²) in [4.78, 5) is 10.9. The number of ether oxygens (including phenoxy) is 3. The number of methoxy groups -OCH3 is 1. The molecule has 0 radical (unpaired) electrons. The van der Waals surface area contributed by atoms with Gasteiger partial charge in [0.25, 0.3) is 0 Å². The van der Waals surface area contributed by atoms with Gasteiger partial charge in [-0.3, -0.25) is 0 Å². The molecule has 0 aromatic heterocycles. The molecular weight excluding hydrogens is 305 g/mol. The van der Waals surface area contributed by atoms with Crippen LogP contribution in [0.1, 0.15) is 5.56 Å². The third-order valence-corrected chi connectivity index (χ3v) is 2.91. The molecule has 1 aromatic rings. The largest absolute Gasteiger partial charge is 0.545 e. The van der Waals surface area contributed by atoms with Crippen molar-refractivity contribution in [2.45, 2.75) is 12.3 Å². The first-order valence-corrected chi connectivity index (χ1v) is 6.25. The fourth-order valence-corrected chi connectivity index (χ4v) is 1.91. The molecule has 1 aliphatic heterocycles. The molecule has 8 heteroatoms. The number of aliphatic carboxylic acids is 1. The summed E-state index contributed by atoms with van der Waals surface area (Å²) in [6.45, 7) is 0.538. The van der Waals surface area contributed by atoms with Crippen molar-refractivity contribution in [2.24, 2.45) is 0 Å². The highest BCUT2D eigenvalue weighted by Crippen LogP contribution is 2.38. The van der Waals surface area contributed by atoms with Crippen molar-refractivity contribution in [1.29, 1.82) is 0 Å². The minimum absolute atomic E-state index is 0.109. The molecule has 120 valence electrons. The molecule has 0 saturated heterocycles. The number of alkyl halides is 3. The molecule has 1 aromatic carbocycles. The van der Waals surface area contributed by atoms with Gasteiger partial charge in [-0.15, -0.1) is 0 Å². The van der Waals surface area contributed by atoms with Gasteiger partial charge in [0.1, 0.15) is 18.1 Å².